The molecule has 0 aliphatic rings. The minimum Gasteiger partial charge on any atom is -0.349 e. The number of thioether (sulfide) groups is 1. The third-order valence-electron chi connectivity index (χ3n) is 3.67. The van der Waals surface area contributed by atoms with Gasteiger partial charge in [0.05, 0.1) is 11.8 Å². The van der Waals surface area contributed by atoms with Crippen LogP contribution in [0.2, 0.25) is 0 Å². The van der Waals surface area contributed by atoms with E-state index in [0.29, 0.717) is 16.9 Å². The van der Waals surface area contributed by atoms with Gasteiger partial charge in [-0.2, -0.15) is 0 Å². The van der Waals surface area contributed by atoms with Crippen molar-refractivity contribution in [1.82, 2.24) is 20.2 Å². The van der Waals surface area contributed by atoms with Crippen LogP contribution >= 0.6 is 11.8 Å². The molecule has 1 heterocycles. The first-order valence-corrected chi connectivity index (χ1v) is 9.03. The molecule has 1 atom stereocenters. The molecule has 0 radical (unpaired) electrons. The van der Waals surface area contributed by atoms with Crippen molar-refractivity contribution < 1.29 is 4.79 Å². The van der Waals surface area contributed by atoms with Crippen LogP contribution in [0, 0.1) is 12.8 Å². The monoisotopic (exact) mass is 347 g/mol. The molecule has 0 unspecified atom stereocenters. The summed E-state index contributed by atoms with van der Waals surface area (Å²) in [6.45, 7) is 8.16. The first kappa shape index (κ1) is 18.3. The number of nitrogen functional groups attached to an aromatic ring is 1. The standard InChI is InChI=1S/C17H25N5OS/c1-11(2)9-14-5-7-15(8-6-14)12(3)19-16(23)10-24-17-21-20-13(4)22(17)18/h5-8,11-12H,9-10,18H2,1-4H3,(H,19,23)/t12-/m0/s1. The van der Waals surface area contributed by atoms with Crippen LogP contribution in [0.15, 0.2) is 29.4 Å². The largest absolute Gasteiger partial charge is 0.349 e. The summed E-state index contributed by atoms with van der Waals surface area (Å²) in [5.74, 6) is 7.22. The van der Waals surface area contributed by atoms with E-state index in [-0.39, 0.29) is 17.7 Å². The van der Waals surface area contributed by atoms with Gasteiger partial charge < -0.3 is 11.2 Å². The van der Waals surface area contributed by atoms with Crippen molar-refractivity contribution in [3.05, 3.63) is 41.2 Å². The number of aromatic nitrogens is 3. The maximum atomic E-state index is 12.1. The molecule has 1 aromatic heterocycles. The van der Waals surface area contributed by atoms with Gasteiger partial charge in [-0.3, -0.25) is 4.79 Å². The molecule has 0 aliphatic heterocycles. The average molecular weight is 347 g/mol. The van der Waals surface area contributed by atoms with Crippen molar-refractivity contribution in [2.75, 3.05) is 11.6 Å². The number of hydrogen-bond acceptors (Lipinski definition) is 5. The molecule has 3 N–H and O–H groups in total. The van der Waals surface area contributed by atoms with Gasteiger partial charge in [0, 0.05) is 0 Å². The van der Waals surface area contributed by atoms with E-state index in [1.807, 2.05) is 6.92 Å². The number of carbonyl (C=O) groups excluding carboxylic acids is 1. The van der Waals surface area contributed by atoms with Crippen molar-refractivity contribution in [2.24, 2.45) is 5.92 Å². The normalized spacial score (nSPS) is 12.4. The second-order valence-electron chi connectivity index (χ2n) is 6.32. The molecule has 0 aliphatic carbocycles. The van der Waals surface area contributed by atoms with E-state index >= 15 is 0 Å². The highest BCUT2D eigenvalue weighted by atomic mass is 32.2. The fraction of sp³-hybridized carbons (Fsp3) is 0.471. The summed E-state index contributed by atoms with van der Waals surface area (Å²) in [5.41, 5.74) is 2.42. The Morgan fingerprint density at radius 1 is 1.25 bits per heavy atom. The van der Waals surface area contributed by atoms with Gasteiger partial charge >= 0.3 is 0 Å². The van der Waals surface area contributed by atoms with E-state index in [2.05, 4.69) is 53.6 Å². The van der Waals surface area contributed by atoms with Gasteiger partial charge in [0.15, 0.2) is 0 Å². The quantitative estimate of drug-likeness (QED) is 0.593. The third kappa shape index (κ3) is 4.99. The Morgan fingerprint density at radius 2 is 1.92 bits per heavy atom. The zero-order valence-corrected chi connectivity index (χ0v) is 15.4. The number of nitrogens with zero attached hydrogens (tertiary/aromatic N) is 3. The highest BCUT2D eigenvalue weighted by Crippen LogP contribution is 2.17. The predicted octanol–water partition coefficient (Wildman–Crippen LogP) is 2.47. The van der Waals surface area contributed by atoms with E-state index in [0.717, 1.165) is 12.0 Å². The molecular formula is C17H25N5OS. The number of nitrogens with two attached hydrogens (primary N) is 1. The molecule has 0 spiro atoms. The van der Waals surface area contributed by atoms with Gasteiger partial charge in [0.1, 0.15) is 5.82 Å². The van der Waals surface area contributed by atoms with Crippen molar-refractivity contribution in [1.29, 1.82) is 0 Å². The Morgan fingerprint density at radius 3 is 2.46 bits per heavy atom. The highest BCUT2D eigenvalue weighted by Gasteiger charge is 2.13. The van der Waals surface area contributed by atoms with E-state index in [4.69, 9.17) is 5.84 Å². The summed E-state index contributed by atoms with van der Waals surface area (Å²) in [7, 11) is 0. The van der Waals surface area contributed by atoms with Gasteiger partial charge in [-0.05, 0) is 37.3 Å². The molecule has 2 aromatic rings. The first-order chi connectivity index (χ1) is 11.4. The fourth-order valence-electron chi connectivity index (χ4n) is 2.36. The van der Waals surface area contributed by atoms with Crippen LogP contribution in [0.1, 0.15) is 43.8 Å². The molecule has 1 aromatic carbocycles. The third-order valence-corrected chi connectivity index (χ3v) is 4.61. The lowest BCUT2D eigenvalue weighted by Gasteiger charge is -2.15. The second-order valence-corrected chi connectivity index (χ2v) is 7.26. The Balaban J connectivity index is 1.85. The van der Waals surface area contributed by atoms with Gasteiger partial charge in [-0.25, -0.2) is 4.68 Å². The molecule has 1 amide bonds. The molecule has 7 heteroatoms. The Bertz CT molecular complexity index is 681. The highest BCUT2D eigenvalue weighted by molar-refractivity contribution is 7.99. The molecule has 0 saturated heterocycles. The average Bonchev–Trinajstić information content (AvgIpc) is 2.84. The number of carbonyl (C=O) groups is 1. The molecule has 0 saturated carbocycles. The van der Waals surface area contributed by atoms with E-state index in [9.17, 15) is 4.79 Å². The number of benzene rings is 1. The zero-order chi connectivity index (χ0) is 17.7. The minimum atomic E-state index is -0.0561. The Kier molecular flexibility index (Phi) is 6.25. The lowest BCUT2D eigenvalue weighted by atomic mass is 10.00. The smallest absolute Gasteiger partial charge is 0.230 e. The Labute approximate surface area is 147 Å². The van der Waals surface area contributed by atoms with E-state index < -0.39 is 0 Å². The topological polar surface area (TPSA) is 85.8 Å². The van der Waals surface area contributed by atoms with Gasteiger partial charge in [-0.1, -0.05) is 49.9 Å². The predicted molar refractivity (Wildman–Crippen MR) is 97.2 cm³/mol. The maximum Gasteiger partial charge on any atom is 0.230 e. The van der Waals surface area contributed by atoms with Crippen molar-refractivity contribution >= 4 is 17.7 Å². The van der Waals surface area contributed by atoms with Gasteiger partial charge in [0.2, 0.25) is 11.1 Å². The van der Waals surface area contributed by atoms with Gasteiger partial charge in [0.25, 0.3) is 0 Å². The molecule has 0 fully saturated rings. The van der Waals surface area contributed by atoms with Gasteiger partial charge in [-0.15, -0.1) is 10.2 Å². The van der Waals surface area contributed by atoms with Crippen molar-refractivity contribution in [3.8, 4) is 0 Å². The van der Waals surface area contributed by atoms with Crippen LogP contribution in [0.4, 0.5) is 0 Å². The second kappa shape index (κ2) is 8.19. The van der Waals surface area contributed by atoms with Crippen LogP contribution in [-0.2, 0) is 11.2 Å². The molecule has 24 heavy (non-hydrogen) atoms. The van der Waals surface area contributed by atoms with Crippen molar-refractivity contribution in [3.63, 3.8) is 0 Å². The minimum absolute atomic E-state index is 0.0383. The number of nitrogens with one attached hydrogen (secondary N) is 1. The van der Waals surface area contributed by atoms with Crippen LogP contribution in [0.5, 0.6) is 0 Å². The zero-order valence-electron chi connectivity index (χ0n) is 14.6. The fourth-order valence-corrected chi connectivity index (χ4v) is 3.07. The molecular weight excluding hydrogens is 322 g/mol. The van der Waals surface area contributed by atoms with E-state index in [1.54, 1.807) is 6.92 Å². The molecule has 0 bridgehead atoms. The SMILES string of the molecule is Cc1nnc(SCC(=O)N[C@@H](C)c2ccc(CC(C)C)cc2)n1N. The summed E-state index contributed by atoms with van der Waals surface area (Å²) in [5, 5.41) is 11.3. The summed E-state index contributed by atoms with van der Waals surface area (Å²) in [6.07, 6.45) is 1.07. The lowest BCUT2D eigenvalue weighted by Crippen LogP contribution is -2.28. The molecule has 130 valence electrons. The number of hydrogen-bond donors (Lipinski definition) is 2. The number of rotatable bonds is 7. The molecule has 6 nitrogen and oxygen atoms in total. The van der Waals surface area contributed by atoms with Crippen molar-refractivity contribution in [2.45, 2.75) is 45.3 Å². The number of aryl methyl sites for hydroxylation is 1. The summed E-state index contributed by atoms with van der Waals surface area (Å²) >= 11 is 1.27. The summed E-state index contributed by atoms with van der Waals surface area (Å²) < 4.78 is 1.38. The van der Waals surface area contributed by atoms with E-state index in [1.165, 1.54) is 22.0 Å². The van der Waals surface area contributed by atoms with Crippen LogP contribution in [0.25, 0.3) is 0 Å². The molecule has 2 rings (SSSR count). The number of amides is 1. The maximum absolute atomic E-state index is 12.1. The van der Waals surface area contributed by atoms with Crippen LogP contribution < -0.4 is 11.2 Å². The first-order valence-electron chi connectivity index (χ1n) is 8.05. The summed E-state index contributed by atoms with van der Waals surface area (Å²) in [4.78, 5) is 12.1. The Hall–Kier alpha value is -2.02. The lowest BCUT2D eigenvalue weighted by molar-refractivity contribution is -0.119. The van der Waals surface area contributed by atoms with Crippen LogP contribution in [-0.4, -0.2) is 26.5 Å². The van der Waals surface area contributed by atoms with Crippen LogP contribution in [0.3, 0.4) is 0 Å². The summed E-state index contributed by atoms with van der Waals surface area (Å²) in [6, 6.07) is 8.38.